The third-order valence-electron chi connectivity index (χ3n) is 5.89. The van der Waals surface area contributed by atoms with Gasteiger partial charge in [0.1, 0.15) is 5.76 Å². The fourth-order valence-electron chi connectivity index (χ4n) is 4.11. The van der Waals surface area contributed by atoms with Crippen molar-refractivity contribution < 1.29 is 9.52 Å². The smallest absolute Gasteiger partial charge is 0.258 e. The molecule has 168 valence electrons. The number of aliphatic imine (C=N–C) groups is 1. The Morgan fingerprint density at radius 3 is 2.58 bits per heavy atom. The third kappa shape index (κ3) is 4.81. The summed E-state index contributed by atoms with van der Waals surface area (Å²) >= 11 is 2.19. The summed E-state index contributed by atoms with van der Waals surface area (Å²) in [5.41, 5.74) is 2.13. The minimum absolute atomic E-state index is 0.178. The molecule has 2 aromatic carbocycles. The summed E-state index contributed by atoms with van der Waals surface area (Å²) < 4.78 is 6.44. The van der Waals surface area contributed by atoms with E-state index >= 15 is 0 Å². The standard InChI is InChI=1S/C25H23IN4O3/c26-17-3-8-21-22(14-17)23(25(32)28-24(21)31)15-27-18-4-6-19(7-5-18)30-11-9-29(10-12-30)16-20-2-1-13-33-20/h1-8,13-15H,9-12,16H2,(H2,28,31,32). The lowest BCUT2D eigenvalue weighted by Crippen LogP contribution is -2.45. The Bertz CT molecular complexity index is 1340. The first-order valence-corrected chi connectivity index (χ1v) is 11.8. The first-order valence-electron chi connectivity index (χ1n) is 10.8. The third-order valence-corrected chi connectivity index (χ3v) is 6.56. The number of furan rings is 1. The van der Waals surface area contributed by atoms with Gasteiger partial charge < -0.3 is 14.4 Å². The summed E-state index contributed by atoms with van der Waals surface area (Å²) in [6.45, 7) is 4.73. The van der Waals surface area contributed by atoms with Crippen LogP contribution in [-0.4, -0.2) is 47.4 Å². The van der Waals surface area contributed by atoms with Gasteiger partial charge in [-0.3, -0.25) is 19.7 Å². The van der Waals surface area contributed by atoms with Crippen molar-refractivity contribution in [2.45, 2.75) is 6.54 Å². The Hall–Kier alpha value is -3.11. The molecule has 5 rings (SSSR count). The minimum Gasteiger partial charge on any atom is -0.494 e. The molecule has 8 heteroatoms. The summed E-state index contributed by atoms with van der Waals surface area (Å²) in [6.07, 6.45) is 3.32. The van der Waals surface area contributed by atoms with E-state index in [0.29, 0.717) is 16.3 Å². The van der Waals surface area contributed by atoms with Crippen LogP contribution in [0.4, 0.5) is 11.4 Å². The van der Waals surface area contributed by atoms with Crippen molar-refractivity contribution in [3.05, 3.63) is 86.1 Å². The molecule has 33 heavy (non-hydrogen) atoms. The number of benzene rings is 2. The van der Waals surface area contributed by atoms with Gasteiger partial charge in [-0.1, -0.05) is 0 Å². The number of fused-ring (bicyclic) bond motifs is 1. The summed E-state index contributed by atoms with van der Waals surface area (Å²) in [5.74, 6) is 0.823. The summed E-state index contributed by atoms with van der Waals surface area (Å²) in [7, 11) is 0. The molecule has 2 N–H and O–H groups in total. The van der Waals surface area contributed by atoms with Gasteiger partial charge in [0, 0.05) is 52.4 Å². The minimum atomic E-state index is -0.315. The van der Waals surface area contributed by atoms with Gasteiger partial charge in [0.2, 0.25) is 5.88 Å². The molecule has 0 spiro atoms. The highest BCUT2D eigenvalue weighted by molar-refractivity contribution is 14.1. The van der Waals surface area contributed by atoms with E-state index in [2.05, 4.69) is 54.5 Å². The lowest BCUT2D eigenvalue weighted by atomic mass is 10.1. The number of H-pyrrole nitrogens is 1. The van der Waals surface area contributed by atoms with Gasteiger partial charge in [-0.05, 0) is 77.2 Å². The maximum atomic E-state index is 12.1. The highest BCUT2D eigenvalue weighted by atomic mass is 127. The zero-order valence-electron chi connectivity index (χ0n) is 17.9. The van der Waals surface area contributed by atoms with Crippen molar-refractivity contribution in [2.24, 2.45) is 4.99 Å². The van der Waals surface area contributed by atoms with Crippen LogP contribution in [0.15, 0.2) is 75.1 Å². The number of piperazine rings is 1. The second kappa shape index (κ2) is 9.40. The van der Waals surface area contributed by atoms with Crippen LogP contribution >= 0.6 is 22.6 Å². The number of aromatic amines is 1. The van der Waals surface area contributed by atoms with E-state index in [1.165, 1.54) is 5.69 Å². The second-order valence-corrected chi connectivity index (χ2v) is 9.27. The van der Waals surface area contributed by atoms with E-state index in [9.17, 15) is 9.90 Å². The topological polar surface area (TPSA) is 85.1 Å². The second-order valence-electron chi connectivity index (χ2n) is 8.02. The Morgan fingerprint density at radius 2 is 1.85 bits per heavy atom. The number of aromatic hydroxyl groups is 1. The van der Waals surface area contributed by atoms with Crippen molar-refractivity contribution in [2.75, 3.05) is 31.1 Å². The molecule has 0 amide bonds. The van der Waals surface area contributed by atoms with Crippen molar-refractivity contribution >= 4 is 51.0 Å². The van der Waals surface area contributed by atoms with Crippen LogP contribution in [0.2, 0.25) is 0 Å². The van der Waals surface area contributed by atoms with Gasteiger partial charge in [0.15, 0.2) is 0 Å². The zero-order chi connectivity index (χ0) is 22.8. The van der Waals surface area contributed by atoms with Crippen molar-refractivity contribution in [3.63, 3.8) is 0 Å². The molecule has 1 saturated heterocycles. The van der Waals surface area contributed by atoms with E-state index < -0.39 is 0 Å². The molecule has 1 fully saturated rings. The van der Waals surface area contributed by atoms with Gasteiger partial charge in [-0.2, -0.15) is 0 Å². The predicted molar refractivity (Wildman–Crippen MR) is 139 cm³/mol. The maximum absolute atomic E-state index is 12.1. The van der Waals surface area contributed by atoms with Crippen LogP contribution < -0.4 is 10.5 Å². The molecular weight excluding hydrogens is 531 g/mol. The molecule has 0 saturated carbocycles. The quantitative estimate of drug-likeness (QED) is 0.280. The molecule has 0 atom stereocenters. The van der Waals surface area contributed by atoms with Crippen molar-refractivity contribution in [3.8, 4) is 5.88 Å². The molecule has 0 aliphatic carbocycles. The zero-order valence-corrected chi connectivity index (χ0v) is 20.0. The van der Waals surface area contributed by atoms with Crippen LogP contribution in [0.3, 0.4) is 0 Å². The number of aromatic nitrogens is 1. The number of hydrogen-bond acceptors (Lipinski definition) is 6. The molecule has 1 aliphatic heterocycles. The fourth-order valence-corrected chi connectivity index (χ4v) is 4.60. The first kappa shape index (κ1) is 21.7. The number of halogens is 1. The normalized spacial score (nSPS) is 15.0. The summed E-state index contributed by atoms with van der Waals surface area (Å²) in [5, 5.41) is 11.5. The predicted octanol–water partition coefficient (Wildman–Crippen LogP) is 4.50. The maximum Gasteiger partial charge on any atom is 0.258 e. The molecule has 3 heterocycles. The molecule has 7 nitrogen and oxygen atoms in total. The SMILES string of the molecule is O=c1[nH]c(O)c(C=Nc2ccc(N3CCN(Cc4ccco4)CC3)cc2)c2cc(I)ccc12. The largest absolute Gasteiger partial charge is 0.494 e. The number of anilines is 1. The Morgan fingerprint density at radius 1 is 1.06 bits per heavy atom. The Kier molecular flexibility index (Phi) is 6.19. The fraction of sp³-hybridized carbons (Fsp3) is 0.200. The number of hydrogen-bond donors (Lipinski definition) is 2. The molecular formula is C25H23IN4O3. The number of nitrogens with one attached hydrogen (secondary N) is 1. The molecule has 4 aromatic rings. The molecule has 1 aliphatic rings. The van der Waals surface area contributed by atoms with Crippen LogP contribution in [0.1, 0.15) is 11.3 Å². The number of rotatable bonds is 5. The van der Waals surface area contributed by atoms with Crippen LogP contribution in [0, 0.1) is 3.57 Å². The van der Waals surface area contributed by atoms with Crippen LogP contribution in [0.25, 0.3) is 10.8 Å². The molecule has 2 aromatic heterocycles. The van der Waals surface area contributed by atoms with Gasteiger partial charge in [0.25, 0.3) is 5.56 Å². The first-order chi connectivity index (χ1) is 16.1. The van der Waals surface area contributed by atoms with E-state index in [1.54, 1.807) is 18.5 Å². The van der Waals surface area contributed by atoms with Gasteiger partial charge in [-0.15, -0.1) is 0 Å². The Balaban J connectivity index is 1.28. The van der Waals surface area contributed by atoms with E-state index in [1.807, 2.05) is 36.4 Å². The summed E-state index contributed by atoms with van der Waals surface area (Å²) in [6, 6.07) is 17.5. The van der Waals surface area contributed by atoms with Crippen LogP contribution in [-0.2, 0) is 6.54 Å². The van der Waals surface area contributed by atoms with E-state index in [0.717, 1.165) is 47.7 Å². The molecule has 0 radical (unpaired) electrons. The molecule has 0 bridgehead atoms. The lowest BCUT2D eigenvalue weighted by molar-refractivity contribution is 0.230. The number of pyridine rings is 1. The van der Waals surface area contributed by atoms with Crippen LogP contribution in [0.5, 0.6) is 5.88 Å². The lowest BCUT2D eigenvalue weighted by Gasteiger charge is -2.35. The van der Waals surface area contributed by atoms with Crippen molar-refractivity contribution in [1.29, 1.82) is 0 Å². The van der Waals surface area contributed by atoms with Crippen molar-refractivity contribution in [1.82, 2.24) is 9.88 Å². The monoisotopic (exact) mass is 554 g/mol. The van der Waals surface area contributed by atoms with Gasteiger partial charge >= 0.3 is 0 Å². The average molecular weight is 554 g/mol. The van der Waals surface area contributed by atoms with E-state index in [-0.39, 0.29) is 11.4 Å². The van der Waals surface area contributed by atoms with E-state index in [4.69, 9.17) is 4.42 Å². The number of nitrogens with zero attached hydrogens (tertiary/aromatic N) is 3. The van der Waals surface area contributed by atoms with Gasteiger partial charge in [-0.25, -0.2) is 0 Å². The van der Waals surface area contributed by atoms with Gasteiger partial charge in [0.05, 0.1) is 24.1 Å². The summed E-state index contributed by atoms with van der Waals surface area (Å²) in [4.78, 5) is 24.0. The highest BCUT2D eigenvalue weighted by Gasteiger charge is 2.18. The molecule has 0 unspecified atom stereocenters. The highest BCUT2D eigenvalue weighted by Crippen LogP contribution is 2.25. The average Bonchev–Trinajstić information content (AvgIpc) is 3.33. The Labute approximate surface area is 204 Å².